The summed E-state index contributed by atoms with van der Waals surface area (Å²) in [7, 11) is 0. The van der Waals surface area contributed by atoms with Gasteiger partial charge in [-0.25, -0.2) is 9.78 Å². The molecule has 0 aliphatic carbocycles. The molecule has 0 aromatic carbocycles. The standard InChI is InChI=1S/C10H11Cl2NO3/c1-3-15-10(14)6(2)16-9-8(12)4-7(11)5-13-9/h4-6H,3H2,1-2H3. The van der Waals surface area contributed by atoms with E-state index in [1.807, 2.05) is 0 Å². The summed E-state index contributed by atoms with van der Waals surface area (Å²) in [6, 6.07) is 1.49. The summed E-state index contributed by atoms with van der Waals surface area (Å²) in [4.78, 5) is 15.1. The van der Waals surface area contributed by atoms with Crippen molar-refractivity contribution in [2.45, 2.75) is 20.0 Å². The molecular weight excluding hydrogens is 253 g/mol. The summed E-state index contributed by atoms with van der Waals surface area (Å²) in [6.45, 7) is 3.58. The number of aromatic nitrogens is 1. The number of ether oxygens (including phenoxy) is 2. The number of hydrogen-bond acceptors (Lipinski definition) is 4. The highest BCUT2D eigenvalue weighted by atomic mass is 35.5. The minimum atomic E-state index is -0.758. The zero-order chi connectivity index (χ0) is 12.1. The molecule has 4 nitrogen and oxygen atoms in total. The number of esters is 1. The van der Waals surface area contributed by atoms with Gasteiger partial charge in [0.2, 0.25) is 5.88 Å². The third-order valence-electron chi connectivity index (χ3n) is 1.68. The van der Waals surface area contributed by atoms with Crippen LogP contribution in [0, 0.1) is 0 Å². The molecule has 88 valence electrons. The van der Waals surface area contributed by atoms with Gasteiger partial charge in [-0.05, 0) is 19.9 Å². The van der Waals surface area contributed by atoms with Crippen molar-refractivity contribution in [1.29, 1.82) is 0 Å². The minimum absolute atomic E-state index is 0.159. The summed E-state index contributed by atoms with van der Waals surface area (Å²) < 4.78 is 10.0. The first-order valence-electron chi connectivity index (χ1n) is 4.69. The van der Waals surface area contributed by atoms with Crippen molar-refractivity contribution < 1.29 is 14.3 Å². The van der Waals surface area contributed by atoms with Crippen molar-refractivity contribution in [3.63, 3.8) is 0 Å². The Balaban J connectivity index is 2.69. The van der Waals surface area contributed by atoms with Crippen molar-refractivity contribution in [3.05, 3.63) is 22.3 Å². The fraction of sp³-hybridized carbons (Fsp3) is 0.400. The highest BCUT2D eigenvalue weighted by Crippen LogP contribution is 2.25. The Labute approximate surface area is 103 Å². The van der Waals surface area contributed by atoms with Crippen LogP contribution in [-0.4, -0.2) is 23.7 Å². The highest BCUT2D eigenvalue weighted by molar-refractivity contribution is 6.35. The van der Waals surface area contributed by atoms with Gasteiger partial charge in [0.1, 0.15) is 5.02 Å². The van der Waals surface area contributed by atoms with Gasteiger partial charge in [0.25, 0.3) is 0 Å². The molecule has 0 radical (unpaired) electrons. The molecule has 0 saturated carbocycles. The van der Waals surface area contributed by atoms with Crippen LogP contribution in [0.2, 0.25) is 10.0 Å². The second kappa shape index (κ2) is 5.92. The van der Waals surface area contributed by atoms with Gasteiger partial charge in [0.15, 0.2) is 6.10 Å². The molecule has 16 heavy (non-hydrogen) atoms. The van der Waals surface area contributed by atoms with E-state index in [1.165, 1.54) is 12.3 Å². The fourth-order valence-electron chi connectivity index (χ4n) is 0.964. The van der Waals surface area contributed by atoms with Crippen LogP contribution >= 0.6 is 23.2 Å². The van der Waals surface area contributed by atoms with E-state index in [1.54, 1.807) is 13.8 Å². The maximum Gasteiger partial charge on any atom is 0.347 e. The number of carbonyl (C=O) groups is 1. The normalized spacial score (nSPS) is 12.0. The molecule has 1 unspecified atom stereocenters. The van der Waals surface area contributed by atoms with Crippen LogP contribution in [0.1, 0.15) is 13.8 Å². The average molecular weight is 264 g/mol. The molecule has 1 atom stereocenters. The van der Waals surface area contributed by atoms with Crippen molar-refractivity contribution in [3.8, 4) is 5.88 Å². The van der Waals surface area contributed by atoms with E-state index in [0.29, 0.717) is 11.6 Å². The maximum absolute atomic E-state index is 11.3. The molecule has 0 spiro atoms. The smallest absolute Gasteiger partial charge is 0.347 e. The van der Waals surface area contributed by atoms with E-state index in [4.69, 9.17) is 32.7 Å². The van der Waals surface area contributed by atoms with E-state index in [-0.39, 0.29) is 10.9 Å². The lowest BCUT2D eigenvalue weighted by atomic mass is 10.4. The second-order valence-electron chi connectivity index (χ2n) is 2.95. The van der Waals surface area contributed by atoms with E-state index in [0.717, 1.165) is 0 Å². The van der Waals surface area contributed by atoms with Crippen LogP contribution in [-0.2, 0) is 9.53 Å². The van der Waals surface area contributed by atoms with Gasteiger partial charge in [-0.1, -0.05) is 23.2 Å². The van der Waals surface area contributed by atoms with Gasteiger partial charge in [0, 0.05) is 6.20 Å². The number of halogens is 2. The molecule has 1 heterocycles. The summed E-state index contributed by atoms with van der Waals surface area (Å²) in [5.41, 5.74) is 0. The first-order valence-corrected chi connectivity index (χ1v) is 5.44. The Morgan fingerprint density at radius 1 is 1.56 bits per heavy atom. The highest BCUT2D eigenvalue weighted by Gasteiger charge is 2.17. The first-order chi connectivity index (χ1) is 7.54. The van der Waals surface area contributed by atoms with Gasteiger partial charge in [-0.15, -0.1) is 0 Å². The second-order valence-corrected chi connectivity index (χ2v) is 3.80. The van der Waals surface area contributed by atoms with Crippen molar-refractivity contribution in [2.24, 2.45) is 0 Å². The van der Waals surface area contributed by atoms with Crippen LogP contribution in [0.15, 0.2) is 12.3 Å². The predicted molar refractivity (Wildman–Crippen MR) is 61.0 cm³/mol. The van der Waals surface area contributed by atoms with Crippen LogP contribution in [0.25, 0.3) is 0 Å². The maximum atomic E-state index is 11.3. The van der Waals surface area contributed by atoms with Crippen LogP contribution in [0.5, 0.6) is 5.88 Å². The third kappa shape index (κ3) is 3.54. The largest absolute Gasteiger partial charge is 0.463 e. The van der Waals surface area contributed by atoms with Crippen LogP contribution < -0.4 is 4.74 Å². The van der Waals surface area contributed by atoms with Crippen molar-refractivity contribution >= 4 is 29.2 Å². The van der Waals surface area contributed by atoms with E-state index in [2.05, 4.69) is 4.98 Å². The molecule has 1 aromatic heterocycles. The molecule has 0 aliphatic rings. The molecule has 0 amide bonds. The summed E-state index contributed by atoms with van der Waals surface area (Å²) >= 11 is 11.5. The molecule has 0 bridgehead atoms. The molecule has 6 heteroatoms. The van der Waals surface area contributed by atoms with E-state index < -0.39 is 12.1 Å². The number of carbonyl (C=O) groups excluding carboxylic acids is 1. The Hall–Kier alpha value is -1.000. The molecule has 0 N–H and O–H groups in total. The Kier molecular flexibility index (Phi) is 4.83. The molecule has 0 saturated heterocycles. The third-order valence-corrected chi connectivity index (χ3v) is 2.16. The van der Waals surface area contributed by atoms with Crippen LogP contribution in [0.3, 0.4) is 0 Å². The molecular formula is C10H11Cl2NO3. The van der Waals surface area contributed by atoms with Gasteiger partial charge in [0.05, 0.1) is 11.6 Å². The average Bonchev–Trinajstić information content (AvgIpc) is 2.22. The predicted octanol–water partition coefficient (Wildman–Crippen LogP) is 2.72. The van der Waals surface area contributed by atoms with Crippen molar-refractivity contribution in [2.75, 3.05) is 6.61 Å². The molecule has 0 aliphatic heterocycles. The van der Waals surface area contributed by atoms with Gasteiger partial charge in [-0.3, -0.25) is 0 Å². The number of rotatable bonds is 4. The minimum Gasteiger partial charge on any atom is -0.463 e. The summed E-state index contributed by atoms with van der Waals surface area (Å²) in [6.07, 6.45) is 0.631. The van der Waals surface area contributed by atoms with Crippen molar-refractivity contribution in [1.82, 2.24) is 4.98 Å². The topological polar surface area (TPSA) is 48.4 Å². The van der Waals surface area contributed by atoms with E-state index in [9.17, 15) is 4.79 Å². The summed E-state index contributed by atoms with van der Waals surface area (Å²) in [5.74, 6) is -0.304. The Morgan fingerprint density at radius 3 is 2.81 bits per heavy atom. The number of nitrogens with zero attached hydrogens (tertiary/aromatic N) is 1. The zero-order valence-electron chi connectivity index (χ0n) is 8.87. The van der Waals surface area contributed by atoms with Gasteiger partial charge >= 0.3 is 5.97 Å². The Bertz CT molecular complexity index is 384. The molecule has 1 aromatic rings. The SMILES string of the molecule is CCOC(=O)C(C)Oc1ncc(Cl)cc1Cl. The van der Waals surface area contributed by atoms with Gasteiger partial charge in [-0.2, -0.15) is 0 Å². The lowest BCUT2D eigenvalue weighted by molar-refractivity contribution is -0.150. The lowest BCUT2D eigenvalue weighted by Gasteiger charge is -2.13. The van der Waals surface area contributed by atoms with Crippen LogP contribution in [0.4, 0.5) is 0 Å². The Morgan fingerprint density at radius 2 is 2.25 bits per heavy atom. The molecule has 1 rings (SSSR count). The van der Waals surface area contributed by atoms with E-state index >= 15 is 0 Å². The first kappa shape index (κ1) is 13.1. The lowest BCUT2D eigenvalue weighted by Crippen LogP contribution is -2.26. The summed E-state index contributed by atoms with van der Waals surface area (Å²) in [5, 5.41) is 0.657. The zero-order valence-corrected chi connectivity index (χ0v) is 10.4. The fourth-order valence-corrected chi connectivity index (χ4v) is 1.39. The number of hydrogen-bond donors (Lipinski definition) is 0. The monoisotopic (exact) mass is 263 g/mol. The van der Waals surface area contributed by atoms with Gasteiger partial charge < -0.3 is 9.47 Å². The molecule has 0 fully saturated rings. The quantitative estimate of drug-likeness (QED) is 0.784. The number of pyridine rings is 1.